The van der Waals surface area contributed by atoms with E-state index in [9.17, 15) is 18.0 Å². The molecule has 0 bridgehead atoms. The van der Waals surface area contributed by atoms with Gasteiger partial charge in [-0.1, -0.05) is 5.92 Å². The molecule has 0 unspecified atom stereocenters. The Morgan fingerprint density at radius 1 is 1.47 bits per heavy atom. The molecule has 1 aromatic rings. The number of carbonyl (C=O) groups is 1. The number of methoxy groups -OCH3 is 1. The Morgan fingerprint density at radius 2 is 2.18 bits per heavy atom. The van der Waals surface area contributed by atoms with E-state index >= 15 is 0 Å². The number of hydrogen-bond acceptors (Lipinski definition) is 3. The van der Waals surface area contributed by atoms with Crippen molar-refractivity contribution < 1.29 is 22.7 Å². The second-order valence-electron chi connectivity index (χ2n) is 2.98. The van der Waals surface area contributed by atoms with Crippen molar-refractivity contribution in [1.82, 2.24) is 4.98 Å². The van der Waals surface area contributed by atoms with Crippen molar-refractivity contribution in [3.05, 3.63) is 29.6 Å². The van der Waals surface area contributed by atoms with Crippen LogP contribution >= 0.6 is 0 Å². The number of hydrogen-bond donors (Lipinski definition) is 0. The quantitative estimate of drug-likeness (QED) is 0.559. The molecular formula is C11H8F3NO2. The number of carbonyl (C=O) groups excluding carboxylic acids is 1. The fourth-order valence-electron chi connectivity index (χ4n) is 0.915. The van der Waals surface area contributed by atoms with Crippen LogP contribution in [0.2, 0.25) is 0 Å². The second kappa shape index (κ2) is 5.34. The molecule has 0 aliphatic carbocycles. The molecule has 3 nitrogen and oxygen atoms in total. The Morgan fingerprint density at radius 3 is 2.65 bits per heavy atom. The van der Waals surface area contributed by atoms with Crippen LogP contribution in [0.25, 0.3) is 0 Å². The molecule has 17 heavy (non-hydrogen) atoms. The first-order valence-electron chi connectivity index (χ1n) is 4.52. The van der Waals surface area contributed by atoms with Crippen LogP contribution in [0.5, 0.6) is 0 Å². The summed E-state index contributed by atoms with van der Waals surface area (Å²) >= 11 is 0. The summed E-state index contributed by atoms with van der Waals surface area (Å²) in [5, 5.41) is 0. The molecule has 0 fully saturated rings. The Balaban J connectivity index is 2.72. The SMILES string of the molecule is COC(=O)CC#Cc1ccc(C(F)(F)F)cn1. The molecule has 90 valence electrons. The lowest BCUT2D eigenvalue weighted by Crippen LogP contribution is -2.05. The van der Waals surface area contributed by atoms with Gasteiger partial charge in [-0.05, 0) is 18.1 Å². The predicted molar refractivity (Wildman–Crippen MR) is 52.8 cm³/mol. The fraction of sp³-hybridized carbons (Fsp3) is 0.273. The molecule has 0 aliphatic rings. The van der Waals surface area contributed by atoms with Gasteiger partial charge < -0.3 is 4.74 Å². The van der Waals surface area contributed by atoms with E-state index in [0.29, 0.717) is 6.20 Å². The Bertz CT molecular complexity index is 454. The molecule has 0 N–H and O–H groups in total. The van der Waals surface area contributed by atoms with Crippen molar-refractivity contribution in [3.63, 3.8) is 0 Å². The highest BCUT2D eigenvalue weighted by Gasteiger charge is 2.30. The van der Waals surface area contributed by atoms with Crippen LogP contribution in [-0.4, -0.2) is 18.1 Å². The lowest BCUT2D eigenvalue weighted by Gasteiger charge is -2.04. The van der Waals surface area contributed by atoms with E-state index in [1.807, 2.05) is 0 Å². The zero-order chi connectivity index (χ0) is 12.9. The maximum atomic E-state index is 12.2. The van der Waals surface area contributed by atoms with Gasteiger partial charge in [0.25, 0.3) is 0 Å². The number of alkyl halides is 3. The number of pyridine rings is 1. The molecule has 0 saturated carbocycles. The van der Waals surface area contributed by atoms with Gasteiger partial charge in [0.05, 0.1) is 12.7 Å². The number of halogens is 3. The number of ether oxygens (including phenoxy) is 1. The maximum Gasteiger partial charge on any atom is 0.417 e. The van der Waals surface area contributed by atoms with E-state index in [-0.39, 0.29) is 12.1 Å². The average Bonchev–Trinajstić information content (AvgIpc) is 2.28. The molecule has 0 spiro atoms. The van der Waals surface area contributed by atoms with Gasteiger partial charge in [-0.25, -0.2) is 4.98 Å². The zero-order valence-electron chi connectivity index (χ0n) is 8.84. The van der Waals surface area contributed by atoms with E-state index in [2.05, 4.69) is 21.6 Å². The van der Waals surface area contributed by atoms with Gasteiger partial charge in [-0.2, -0.15) is 13.2 Å². The van der Waals surface area contributed by atoms with Crippen molar-refractivity contribution in [2.24, 2.45) is 0 Å². The third kappa shape index (κ3) is 4.15. The first-order valence-corrected chi connectivity index (χ1v) is 4.52. The maximum absolute atomic E-state index is 12.2. The molecule has 1 aromatic heterocycles. The van der Waals surface area contributed by atoms with Crippen LogP contribution in [0.4, 0.5) is 13.2 Å². The summed E-state index contributed by atoms with van der Waals surface area (Å²) in [5.74, 6) is 4.39. The summed E-state index contributed by atoms with van der Waals surface area (Å²) in [5.41, 5.74) is -0.669. The molecule has 0 atom stereocenters. The van der Waals surface area contributed by atoms with Crippen LogP contribution in [0, 0.1) is 11.8 Å². The molecule has 0 amide bonds. The highest BCUT2D eigenvalue weighted by Crippen LogP contribution is 2.28. The predicted octanol–water partition coefficient (Wildman–Crippen LogP) is 2.01. The third-order valence-electron chi connectivity index (χ3n) is 1.77. The summed E-state index contributed by atoms with van der Waals surface area (Å²) in [6, 6.07) is 2.03. The molecule has 0 saturated heterocycles. The highest BCUT2D eigenvalue weighted by molar-refractivity contribution is 5.72. The zero-order valence-corrected chi connectivity index (χ0v) is 8.84. The first-order chi connectivity index (χ1) is 7.93. The van der Waals surface area contributed by atoms with E-state index in [1.165, 1.54) is 7.11 Å². The summed E-state index contributed by atoms with van der Waals surface area (Å²) in [4.78, 5) is 14.2. The van der Waals surface area contributed by atoms with Crippen LogP contribution in [0.15, 0.2) is 18.3 Å². The number of aromatic nitrogens is 1. The Labute approximate surface area is 95.6 Å². The van der Waals surface area contributed by atoms with Gasteiger partial charge in [-0.3, -0.25) is 4.79 Å². The smallest absolute Gasteiger partial charge is 0.417 e. The van der Waals surface area contributed by atoms with Crippen LogP contribution in [-0.2, 0) is 15.7 Å². The molecule has 1 heterocycles. The van der Waals surface area contributed by atoms with Crippen LogP contribution < -0.4 is 0 Å². The van der Waals surface area contributed by atoms with Crippen molar-refractivity contribution in [2.75, 3.05) is 7.11 Å². The molecule has 1 rings (SSSR count). The van der Waals surface area contributed by atoms with E-state index < -0.39 is 17.7 Å². The van der Waals surface area contributed by atoms with Gasteiger partial charge in [0.15, 0.2) is 0 Å². The van der Waals surface area contributed by atoms with Crippen molar-refractivity contribution in [2.45, 2.75) is 12.6 Å². The topological polar surface area (TPSA) is 39.2 Å². The van der Waals surface area contributed by atoms with E-state index in [0.717, 1.165) is 12.1 Å². The van der Waals surface area contributed by atoms with Crippen molar-refractivity contribution >= 4 is 5.97 Å². The standard InChI is InChI=1S/C11H8F3NO2/c1-17-10(16)4-2-3-9-6-5-8(7-15-9)11(12,13)14/h5-7H,4H2,1H3. The highest BCUT2D eigenvalue weighted by atomic mass is 19.4. The average molecular weight is 243 g/mol. The normalized spacial score (nSPS) is 10.4. The van der Waals surface area contributed by atoms with Gasteiger partial charge in [-0.15, -0.1) is 0 Å². The van der Waals surface area contributed by atoms with Crippen molar-refractivity contribution in [1.29, 1.82) is 0 Å². The molecule has 6 heteroatoms. The first kappa shape index (κ1) is 13.0. The van der Waals surface area contributed by atoms with Crippen LogP contribution in [0.1, 0.15) is 17.7 Å². The lowest BCUT2D eigenvalue weighted by atomic mass is 10.2. The van der Waals surface area contributed by atoms with Gasteiger partial charge >= 0.3 is 12.1 Å². The Hall–Kier alpha value is -2.03. The largest absolute Gasteiger partial charge is 0.468 e. The van der Waals surface area contributed by atoms with E-state index in [4.69, 9.17) is 0 Å². The fourth-order valence-corrected chi connectivity index (χ4v) is 0.915. The summed E-state index contributed by atoms with van der Waals surface area (Å²) < 4.78 is 40.9. The third-order valence-corrected chi connectivity index (χ3v) is 1.77. The number of esters is 1. The number of rotatable bonds is 1. The minimum Gasteiger partial charge on any atom is -0.468 e. The minimum atomic E-state index is -4.41. The van der Waals surface area contributed by atoms with Gasteiger partial charge in [0.1, 0.15) is 12.1 Å². The molecule has 0 aromatic carbocycles. The van der Waals surface area contributed by atoms with E-state index in [1.54, 1.807) is 0 Å². The summed E-state index contributed by atoms with van der Waals surface area (Å²) in [6.45, 7) is 0. The number of nitrogens with zero attached hydrogens (tertiary/aromatic N) is 1. The Kier molecular flexibility index (Phi) is 4.10. The monoisotopic (exact) mass is 243 g/mol. The molecular weight excluding hydrogens is 235 g/mol. The van der Waals surface area contributed by atoms with Crippen molar-refractivity contribution in [3.8, 4) is 11.8 Å². The lowest BCUT2D eigenvalue weighted by molar-refractivity contribution is -0.139. The summed E-state index contributed by atoms with van der Waals surface area (Å²) in [6.07, 6.45) is -3.84. The van der Waals surface area contributed by atoms with Gasteiger partial charge in [0, 0.05) is 6.20 Å². The second-order valence-corrected chi connectivity index (χ2v) is 2.98. The molecule has 0 radical (unpaired) electrons. The minimum absolute atomic E-state index is 0.126. The molecule has 0 aliphatic heterocycles. The van der Waals surface area contributed by atoms with Crippen LogP contribution in [0.3, 0.4) is 0 Å². The summed E-state index contributed by atoms with van der Waals surface area (Å²) in [7, 11) is 1.22. The van der Waals surface area contributed by atoms with Gasteiger partial charge in [0.2, 0.25) is 0 Å².